The van der Waals surface area contributed by atoms with Crippen LogP contribution in [0.2, 0.25) is 0 Å². The number of ketones is 1. The number of ether oxygens (including phenoxy) is 1. The number of hydrogen-bond donors (Lipinski definition) is 1. The summed E-state index contributed by atoms with van der Waals surface area (Å²) >= 11 is 0. The van der Waals surface area contributed by atoms with Crippen molar-refractivity contribution in [1.82, 2.24) is 0 Å². The van der Waals surface area contributed by atoms with Gasteiger partial charge in [0.15, 0.2) is 11.4 Å². The van der Waals surface area contributed by atoms with Gasteiger partial charge in [-0.15, -0.1) is 0 Å². The summed E-state index contributed by atoms with van der Waals surface area (Å²) < 4.78 is 5.48. The fourth-order valence-corrected chi connectivity index (χ4v) is 3.87. The lowest BCUT2D eigenvalue weighted by Crippen LogP contribution is -2.57. The molecule has 4 atom stereocenters. The minimum absolute atomic E-state index is 0.0658. The first-order valence-corrected chi connectivity index (χ1v) is 6.77. The Bertz CT molecular complexity index is 559. The molecule has 5 rings (SSSR count). The normalized spacial score (nSPS) is 42.9. The van der Waals surface area contributed by atoms with E-state index in [1.165, 1.54) is 0 Å². The fourth-order valence-electron chi connectivity index (χ4n) is 3.87. The van der Waals surface area contributed by atoms with Crippen molar-refractivity contribution in [2.45, 2.75) is 17.9 Å². The van der Waals surface area contributed by atoms with Crippen molar-refractivity contribution in [3.63, 3.8) is 0 Å². The van der Waals surface area contributed by atoms with Crippen LogP contribution in [0.5, 0.6) is 0 Å². The van der Waals surface area contributed by atoms with E-state index in [1.54, 1.807) is 0 Å². The molecule has 4 aliphatic rings. The molecule has 1 aromatic rings. The summed E-state index contributed by atoms with van der Waals surface area (Å²) in [6, 6.07) is 10.0. The Kier molecular flexibility index (Phi) is 2.13. The van der Waals surface area contributed by atoms with Crippen LogP contribution in [0.15, 0.2) is 42.5 Å². The zero-order chi connectivity index (χ0) is 13.1. The van der Waals surface area contributed by atoms with Crippen molar-refractivity contribution in [3.8, 4) is 0 Å². The molecule has 98 valence electrons. The Balaban J connectivity index is 1.84. The van der Waals surface area contributed by atoms with E-state index in [9.17, 15) is 9.90 Å². The van der Waals surface area contributed by atoms with Gasteiger partial charge in [-0.1, -0.05) is 42.5 Å². The second-order valence-electron chi connectivity index (χ2n) is 5.87. The summed E-state index contributed by atoms with van der Waals surface area (Å²) in [5.41, 5.74) is -0.259. The summed E-state index contributed by atoms with van der Waals surface area (Å²) in [7, 11) is 0. The van der Waals surface area contributed by atoms with Gasteiger partial charge in [-0.05, 0) is 12.0 Å². The van der Waals surface area contributed by atoms with E-state index in [2.05, 4.69) is 6.08 Å². The number of aliphatic hydroxyl groups is 1. The highest BCUT2D eigenvalue weighted by atomic mass is 16.6. The van der Waals surface area contributed by atoms with Gasteiger partial charge in [0.05, 0.1) is 18.6 Å². The highest BCUT2D eigenvalue weighted by Crippen LogP contribution is 2.60. The highest BCUT2D eigenvalue weighted by molar-refractivity contribution is 6.00. The fraction of sp³-hybridized carbons (Fsp3) is 0.438. The summed E-state index contributed by atoms with van der Waals surface area (Å²) in [5.74, 6) is 0.310. The zero-order valence-corrected chi connectivity index (χ0v) is 10.6. The molecule has 1 heterocycles. The summed E-state index contributed by atoms with van der Waals surface area (Å²) in [6.07, 6.45) is 4.88. The van der Waals surface area contributed by atoms with Crippen LogP contribution in [-0.2, 0) is 9.53 Å². The Morgan fingerprint density at radius 2 is 2.05 bits per heavy atom. The Hall–Kier alpha value is -1.45. The van der Waals surface area contributed by atoms with Crippen LogP contribution < -0.4 is 0 Å². The molecule has 1 saturated carbocycles. The number of Topliss-reactive ketones (excluding diaryl/α,β-unsaturated/α-hetero) is 1. The molecule has 1 saturated heterocycles. The lowest BCUT2D eigenvalue weighted by molar-refractivity contribution is -0.142. The van der Waals surface area contributed by atoms with Gasteiger partial charge in [0.2, 0.25) is 0 Å². The van der Waals surface area contributed by atoms with E-state index < -0.39 is 11.0 Å². The van der Waals surface area contributed by atoms with Crippen molar-refractivity contribution in [2.24, 2.45) is 11.3 Å². The largest absolute Gasteiger partial charge is 0.395 e. The molecule has 1 aromatic carbocycles. The van der Waals surface area contributed by atoms with Gasteiger partial charge in [0, 0.05) is 11.8 Å². The third-order valence-corrected chi connectivity index (χ3v) is 5.06. The maximum Gasteiger partial charge on any atom is 0.180 e. The molecule has 0 radical (unpaired) electrons. The Morgan fingerprint density at radius 1 is 1.32 bits per heavy atom. The average Bonchev–Trinajstić information content (AvgIpc) is 3.26. The van der Waals surface area contributed by atoms with Crippen LogP contribution in [0.25, 0.3) is 0 Å². The molecule has 3 unspecified atom stereocenters. The standard InChI is InChI=1S/C16H16O3/c17-9-15-7-6-12(16(10-19-16)14(15)18)8-13(15)11-4-2-1-3-5-11/h1-7,12-13,17H,8-10H2/t12?,13?,15?,16-/m0/s1. The zero-order valence-electron chi connectivity index (χ0n) is 10.6. The second-order valence-corrected chi connectivity index (χ2v) is 5.87. The first-order chi connectivity index (χ1) is 9.23. The van der Waals surface area contributed by atoms with E-state index >= 15 is 0 Å². The van der Waals surface area contributed by atoms with Crippen LogP contribution in [0.4, 0.5) is 0 Å². The van der Waals surface area contributed by atoms with Crippen molar-refractivity contribution in [1.29, 1.82) is 0 Å². The molecule has 19 heavy (non-hydrogen) atoms. The van der Waals surface area contributed by atoms with Gasteiger partial charge in [-0.25, -0.2) is 0 Å². The maximum atomic E-state index is 12.8. The summed E-state index contributed by atoms with van der Waals surface area (Å²) in [4.78, 5) is 12.8. The van der Waals surface area contributed by atoms with E-state index in [-0.39, 0.29) is 24.2 Å². The molecule has 0 amide bonds. The Morgan fingerprint density at radius 3 is 2.68 bits per heavy atom. The molecule has 1 N–H and O–H groups in total. The predicted octanol–water partition coefficient (Wildman–Crippen LogP) is 1.68. The average molecular weight is 256 g/mol. The van der Waals surface area contributed by atoms with Crippen LogP contribution in [-0.4, -0.2) is 29.7 Å². The van der Waals surface area contributed by atoms with Crippen molar-refractivity contribution in [2.75, 3.05) is 13.2 Å². The monoisotopic (exact) mass is 256 g/mol. The van der Waals surface area contributed by atoms with Gasteiger partial charge in [-0.2, -0.15) is 0 Å². The molecule has 3 nitrogen and oxygen atoms in total. The SMILES string of the molecule is O=C1C2(CO)C=CC(CC2c2ccccc2)[C@@]12CO2. The van der Waals surface area contributed by atoms with Crippen molar-refractivity contribution in [3.05, 3.63) is 48.0 Å². The summed E-state index contributed by atoms with van der Waals surface area (Å²) in [5, 5.41) is 9.90. The van der Waals surface area contributed by atoms with Crippen molar-refractivity contribution >= 4 is 5.78 Å². The number of benzene rings is 1. The molecule has 0 aromatic heterocycles. The molecular formula is C16H16O3. The number of rotatable bonds is 2. The molecule has 1 spiro atoms. The first-order valence-electron chi connectivity index (χ1n) is 6.77. The topological polar surface area (TPSA) is 49.8 Å². The number of fused-ring (bicyclic) bond motifs is 1. The van der Waals surface area contributed by atoms with Crippen LogP contribution in [0.1, 0.15) is 17.9 Å². The van der Waals surface area contributed by atoms with Gasteiger partial charge in [0.1, 0.15) is 0 Å². The smallest absolute Gasteiger partial charge is 0.180 e. The highest BCUT2D eigenvalue weighted by Gasteiger charge is 2.69. The van der Waals surface area contributed by atoms with Crippen LogP contribution >= 0.6 is 0 Å². The van der Waals surface area contributed by atoms with E-state index in [4.69, 9.17) is 4.74 Å². The number of carbonyl (C=O) groups is 1. The Labute approximate surface area is 111 Å². The van der Waals surface area contributed by atoms with E-state index in [0.717, 1.165) is 12.0 Å². The minimum atomic E-state index is -0.785. The predicted molar refractivity (Wildman–Crippen MR) is 69.6 cm³/mol. The molecule has 3 aliphatic carbocycles. The quantitative estimate of drug-likeness (QED) is 0.647. The van der Waals surface area contributed by atoms with E-state index in [0.29, 0.717) is 6.61 Å². The number of hydrogen-bond acceptors (Lipinski definition) is 3. The van der Waals surface area contributed by atoms with Crippen LogP contribution in [0.3, 0.4) is 0 Å². The number of carbonyl (C=O) groups excluding carboxylic acids is 1. The molecule has 3 heteroatoms. The molecule has 1 aliphatic heterocycles. The number of epoxide rings is 1. The lowest BCUT2D eigenvalue weighted by atomic mass is 9.53. The number of aliphatic hydroxyl groups excluding tert-OH is 1. The van der Waals surface area contributed by atoms with Gasteiger partial charge < -0.3 is 9.84 Å². The summed E-state index contributed by atoms with van der Waals surface area (Å²) in [6.45, 7) is 0.379. The third-order valence-electron chi connectivity index (χ3n) is 5.06. The van der Waals surface area contributed by atoms with Gasteiger partial charge in [-0.3, -0.25) is 4.79 Å². The third kappa shape index (κ3) is 1.27. The molecule has 2 bridgehead atoms. The first kappa shape index (κ1) is 11.4. The second kappa shape index (κ2) is 3.56. The van der Waals surface area contributed by atoms with E-state index in [1.807, 2.05) is 36.4 Å². The lowest BCUT2D eigenvalue weighted by Gasteiger charge is -2.49. The maximum absolute atomic E-state index is 12.8. The van der Waals surface area contributed by atoms with Crippen LogP contribution in [0, 0.1) is 11.3 Å². The van der Waals surface area contributed by atoms with Gasteiger partial charge in [0.25, 0.3) is 0 Å². The van der Waals surface area contributed by atoms with Gasteiger partial charge >= 0.3 is 0 Å². The molecular weight excluding hydrogens is 240 g/mol. The molecule has 2 fully saturated rings. The minimum Gasteiger partial charge on any atom is -0.395 e. The van der Waals surface area contributed by atoms with Crippen molar-refractivity contribution < 1.29 is 14.6 Å².